The third kappa shape index (κ3) is 4.39. The van der Waals surface area contributed by atoms with Gasteiger partial charge in [0.2, 0.25) is 5.91 Å². The van der Waals surface area contributed by atoms with Gasteiger partial charge in [0.05, 0.1) is 0 Å². The lowest BCUT2D eigenvalue weighted by Crippen LogP contribution is -2.49. The molecule has 0 aromatic heterocycles. The molecular weight excluding hydrogens is 354 g/mol. The van der Waals surface area contributed by atoms with Crippen molar-refractivity contribution in [2.75, 3.05) is 11.9 Å². The van der Waals surface area contributed by atoms with Gasteiger partial charge in [0.1, 0.15) is 6.10 Å². The highest BCUT2D eigenvalue weighted by atomic mass is 16.5. The first kappa shape index (κ1) is 19.4. The highest BCUT2D eigenvalue weighted by Gasteiger charge is 2.40. The Labute approximate surface area is 166 Å². The predicted octanol–water partition coefficient (Wildman–Crippen LogP) is 2.57. The first-order chi connectivity index (χ1) is 13.6. The zero-order chi connectivity index (χ0) is 19.5. The van der Waals surface area contributed by atoms with Crippen molar-refractivity contribution < 1.29 is 14.3 Å². The minimum Gasteiger partial charge on any atom is -0.368 e. The average Bonchev–Trinajstić information content (AvgIpc) is 3.21. The zero-order valence-electron chi connectivity index (χ0n) is 16.4. The van der Waals surface area contributed by atoms with Gasteiger partial charge < -0.3 is 21.1 Å². The molecule has 0 spiro atoms. The summed E-state index contributed by atoms with van der Waals surface area (Å²) >= 11 is 0. The van der Waals surface area contributed by atoms with Crippen molar-refractivity contribution in [3.63, 3.8) is 0 Å². The number of fused-ring (bicyclic) bond motifs is 2. The molecule has 4 N–H and O–H groups in total. The smallest absolute Gasteiger partial charge is 0.253 e. The predicted molar refractivity (Wildman–Crippen MR) is 107 cm³/mol. The summed E-state index contributed by atoms with van der Waals surface area (Å²) in [7, 11) is 0. The summed E-state index contributed by atoms with van der Waals surface area (Å²) in [5.41, 5.74) is 8.06. The van der Waals surface area contributed by atoms with E-state index in [-0.39, 0.29) is 29.9 Å². The molecule has 2 aliphatic carbocycles. The number of nitrogens with two attached hydrogens (primary N) is 1. The summed E-state index contributed by atoms with van der Waals surface area (Å²) in [6.07, 6.45) is 6.76. The minimum atomic E-state index is -0.347. The molecule has 1 aliphatic heterocycles. The van der Waals surface area contributed by atoms with Crippen molar-refractivity contribution in [1.82, 2.24) is 5.32 Å². The van der Waals surface area contributed by atoms with Crippen LogP contribution in [0.15, 0.2) is 24.3 Å². The Morgan fingerprint density at radius 2 is 1.86 bits per heavy atom. The van der Waals surface area contributed by atoms with Gasteiger partial charge in [-0.15, -0.1) is 0 Å². The van der Waals surface area contributed by atoms with E-state index in [1.165, 1.54) is 6.42 Å². The molecule has 1 heterocycles. The van der Waals surface area contributed by atoms with Crippen molar-refractivity contribution in [1.29, 1.82) is 0 Å². The molecule has 1 aromatic rings. The zero-order valence-corrected chi connectivity index (χ0v) is 16.4. The second-order valence-corrected chi connectivity index (χ2v) is 8.61. The van der Waals surface area contributed by atoms with Gasteiger partial charge in [0.25, 0.3) is 5.91 Å². The molecular formula is C22H31N3O3. The molecule has 2 saturated carbocycles. The Kier molecular flexibility index (Phi) is 5.97. The van der Waals surface area contributed by atoms with E-state index in [0.29, 0.717) is 25.0 Å². The second-order valence-electron chi connectivity index (χ2n) is 8.61. The van der Waals surface area contributed by atoms with Gasteiger partial charge in [0, 0.05) is 30.8 Å². The summed E-state index contributed by atoms with van der Waals surface area (Å²) in [6, 6.07) is 7.92. The standard InChI is InChI=1S/C22H31N3O3/c23-20-15-5-2-6-16(20)12-17(11-15)21(26)24-13-14-4-1-7-18(10-14)25-22(27)19-8-3-9-28-19/h1,4,7,10,15-17,19-20H,2-3,5-6,8-9,11-13,23H2,(H,24,26)(H,25,27). The summed E-state index contributed by atoms with van der Waals surface area (Å²) in [5.74, 6) is 1.12. The highest BCUT2D eigenvalue weighted by Crippen LogP contribution is 2.41. The Balaban J connectivity index is 1.30. The lowest BCUT2D eigenvalue weighted by Gasteiger charge is -2.43. The topological polar surface area (TPSA) is 93.5 Å². The van der Waals surface area contributed by atoms with Crippen molar-refractivity contribution in [2.24, 2.45) is 23.5 Å². The van der Waals surface area contributed by atoms with Gasteiger partial charge in [-0.3, -0.25) is 9.59 Å². The third-order valence-corrected chi connectivity index (χ3v) is 6.67. The van der Waals surface area contributed by atoms with Crippen LogP contribution in [0.4, 0.5) is 5.69 Å². The monoisotopic (exact) mass is 385 g/mol. The molecule has 2 bridgehead atoms. The number of ether oxygens (including phenoxy) is 1. The van der Waals surface area contributed by atoms with Crippen LogP contribution in [0.1, 0.15) is 50.5 Å². The average molecular weight is 386 g/mol. The molecule has 2 amide bonds. The molecule has 3 aliphatic rings. The Bertz CT molecular complexity index is 703. The summed E-state index contributed by atoms with van der Waals surface area (Å²) in [6.45, 7) is 1.12. The van der Waals surface area contributed by atoms with Gasteiger partial charge in [-0.2, -0.15) is 0 Å². The maximum atomic E-state index is 12.7. The van der Waals surface area contributed by atoms with E-state index in [9.17, 15) is 9.59 Å². The summed E-state index contributed by atoms with van der Waals surface area (Å²) in [5, 5.41) is 6.01. The van der Waals surface area contributed by atoms with Crippen LogP contribution >= 0.6 is 0 Å². The van der Waals surface area contributed by atoms with E-state index in [1.807, 2.05) is 24.3 Å². The number of amides is 2. The molecule has 3 atom stereocenters. The van der Waals surface area contributed by atoms with Gasteiger partial charge in [-0.05, 0) is 68.1 Å². The Morgan fingerprint density at radius 1 is 1.07 bits per heavy atom. The highest BCUT2D eigenvalue weighted by molar-refractivity contribution is 5.94. The van der Waals surface area contributed by atoms with E-state index in [4.69, 9.17) is 10.5 Å². The van der Waals surface area contributed by atoms with Gasteiger partial charge in [0.15, 0.2) is 0 Å². The molecule has 6 nitrogen and oxygen atoms in total. The third-order valence-electron chi connectivity index (χ3n) is 6.67. The van der Waals surface area contributed by atoms with E-state index >= 15 is 0 Å². The minimum absolute atomic E-state index is 0.0810. The van der Waals surface area contributed by atoms with Crippen molar-refractivity contribution in [2.45, 2.75) is 63.6 Å². The molecule has 4 rings (SSSR count). The quantitative estimate of drug-likeness (QED) is 0.726. The van der Waals surface area contributed by atoms with Crippen LogP contribution in [0.25, 0.3) is 0 Å². The normalized spacial score (nSPS) is 32.0. The van der Waals surface area contributed by atoms with Gasteiger partial charge in [-0.1, -0.05) is 18.6 Å². The number of benzene rings is 1. The number of hydrogen-bond acceptors (Lipinski definition) is 4. The van der Waals surface area contributed by atoms with Gasteiger partial charge in [-0.25, -0.2) is 0 Å². The van der Waals surface area contributed by atoms with E-state index in [1.54, 1.807) is 0 Å². The fourth-order valence-electron chi connectivity index (χ4n) is 5.10. The first-order valence-electron chi connectivity index (χ1n) is 10.6. The SMILES string of the molecule is NC1C2CCCC1CC(C(=O)NCc1cccc(NC(=O)C3CCCO3)c1)C2. The molecule has 3 fully saturated rings. The number of anilines is 1. The van der Waals surface area contributed by atoms with Crippen LogP contribution in [-0.2, 0) is 20.9 Å². The van der Waals surface area contributed by atoms with Crippen LogP contribution in [0, 0.1) is 17.8 Å². The molecule has 6 heteroatoms. The Hall–Kier alpha value is -1.92. The number of nitrogens with one attached hydrogen (secondary N) is 2. The maximum absolute atomic E-state index is 12.7. The molecule has 3 unspecified atom stereocenters. The lowest BCUT2D eigenvalue weighted by atomic mass is 9.65. The fourth-order valence-corrected chi connectivity index (χ4v) is 5.10. The molecule has 1 saturated heterocycles. The second kappa shape index (κ2) is 8.62. The largest absolute Gasteiger partial charge is 0.368 e. The Morgan fingerprint density at radius 3 is 2.57 bits per heavy atom. The number of carbonyl (C=O) groups is 2. The summed E-state index contributed by atoms with van der Waals surface area (Å²) in [4.78, 5) is 24.9. The van der Waals surface area contributed by atoms with E-state index in [2.05, 4.69) is 10.6 Å². The number of hydrogen-bond donors (Lipinski definition) is 3. The van der Waals surface area contributed by atoms with Crippen molar-refractivity contribution in [3.8, 4) is 0 Å². The first-order valence-corrected chi connectivity index (χ1v) is 10.6. The van der Waals surface area contributed by atoms with E-state index < -0.39 is 0 Å². The maximum Gasteiger partial charge on any atom is 0.253 e. The lowest BCUT2D eigenvalue weighted by molar-refractivity contribution is -0.128. The number of carbonyl (C=O) groups excluding carboxylic acids is 2. The van der Waals surface area contributed by atoms with Crippen molar-refractivity contribution in [3.05, 3.63) is 29.8 Å². The van der Waals surface area contributed by atoms with Crippen LogP contribution in [-0.4, -0.2) is 30.6 Å². The van der Waals surface area contributed by atoms with Crippen LogP contribution in [0.2, 0.25) is 0 Å². The fraction of sp³-hybridized carbons (Fsp3) is 0.636. The van der Waals surface area contributed by atoms with Crippen LogP contribution in [0.5, 0.6) is 0 Å². The molecule has 28 heavy (non-hydrogen) atoms. The van der Waals surface area contributed by atoms with Gasteiger partial charge >= 0.3 is 0 Å². The van der Waals surface area contributed by atoms with E-state index in [0.717, 1.165) is 49.8 Å². The summed E-state index contributed by atoms with van der Waals surface area (Å²) < 4.78 is 5.42. The molecule has 152 valence electrons. The van der Waals surface area contributed by atoms with Crippen molar-refractivity contribution >= 4 is 17.5 Å². The molecule has 1 aromatic carbocycles. The molecule has 0 radical (unpaired) electrons. The van der Waals surface area contributed by atoms with Crippen LogP contribution < -0.4 is 16.4 Å². The van der Waals surface area contributed by atoms with Crippen LogP contribution in [0.3, 0.4) is 0 Å². The number of rotatable bonds is 5.